The highest BCUT2D eigenvalue weighted by Crippen LogP contribution is 2.19. The first-order valence-corrected chi connectivity index (χ1v) is 8.87. The van der Waals surface area contributed by atoms with Gasteiger partial charge < -0.3 is 5.32 Å². The van der Waals surface area contributed by atoms with E-state index < -0.39 is 0 Å². The van der Waals surface area contributed by atoms with Crippen molar-refractivity contribution in [2.24, 2.45) is 0 Å². The smallest absolute Gasteiger partial charge is 0.293 e. The van der Waals surface area contributed by atoms with Gasteiger partial charge in [-0.1, -0.05) is 38.1 Å². The molecule has 0 aliphatic rings. The van der Waals surface area contributed by atoms with E-state index in [2.05, 4.69) is 34.6 Å². The normalized spacial score (nSPS) is 11.0. The van der Waals surface area contributed by atoms with Crippen molar-refractivity contribution in [2.75, 3.05) is 6.54 Å². The molecule has 1 N–H and O–H groups in total. The first-order valence-electron chi connectivity index (χ1n) is 8.87. The molecule has 0 atom stereocenters. The van der Waals surface area contributed by atoms with Crippen LogP contribution in [0.3, 0.4) is 0 Å². The van der Waals surface area contributed by atoms with Crippen LogP contribution in [0.1, 0.15) is 31.7 Å². The molecule has 0 bridgehead atoms. The van der Waals surface area contributed by atoms with Gasteiger partial charge in [-0.05, 0) is 31.4 Å². The van der Waals surface area contributed by atoms with Gasteiger partial charge in [0.15, 0.2) is 0 Å². The predicted octanol–water partition coefficient (Wildman–Crippen LogP) is 1.96. The zero-order valence-corrected chi connectivity index (χ0v) is 15.3. The second-order valence-electron chi connectivity index (χ2n) is 6.24. The first kappa shape index (κ1) is 17.8. The van der Waals surface area contributed by atoms with Gasteiger partial charge in [0, 0.05) is 12.1 Å². The van der Waals surface area contributed by atoms with E-state index >= 15 is 0 Å². The topological polar surface area (TPSA) is 81.3 Å². The number of fused-ring (bicyclic) bond motifs is 1. The Labute approximate surface area is 151 Å². The lowest BCUT2D eigenvalue weighted by atomic mass is 10.1. The molecular weight excluding hydrogens is 330 g/mol. The molecule has 0 aliphatic carbocycles. The summed E-state index contributed by atoms with van der Waals surface area (Å²) in [7, 11) is 0. The summed E-state index contributed by atoms with van der Waals surface area (Å²) in [5.74, 6) is 0.333. The highest BCUT2D eigenvalue weighted by atomic mass is 16.2. The van der Waals surface area contributed by atoms with E-state index in [4.69, 9.17) is 0 Å². The van der Waals surface area contributed by atoms with E-state index in [0.29, 0.717) is 23.6 Å². The zero-order valence-electron chi connectivity index (χ0n) is 15.3. The minimum Gasteiger partial charge on any atom is -0.355 e. The van der Waals surface area contributed by atoms with Crippen molar-refractivity contribution >= 4 is 11.4 Å². The van der Waals surface area contributed by atoms with Crippen molar-refractivity contribution in [1.29, 1.82) is 0 Å². The maximum Gasteiger partial charge on any atom is 0.293 e. The van der Waals surface area contributed by atoms with Gasteiger partial charge in [-0.3, -0.25) is 9.59 Å². The molecule has 0 aliphatic heterocycles. The van der Waals surface area contributed by atoms with Gasteiger partial charge in [0.2, 0.25) is 5.91 Å². The Morgan fingerprint density at radius 2 is 1.88 bits per heavy atom. The van der Waals surface area contributed by atoms with Crippen molar-refractivity contribution < 1.29 is 4.79 Å². The average molecular weight is 353 g/mol. The number of nitrogens with one attached hydrogen (secondary N) is 1. The van der Waals surface area contributed by atoms with E-state index in [9.17, 15) is 9.59 Å². The standard InChI is InChI=1S/C19H23N5O2/c1-4-10-20-18(25)12-23-19(26)17-11-16(22-24(17)13(3)21-23)15-8-6-14(5-2)7-9-15/h6-9,11H,4-5,10,12H2,1-3H3,(H,20,25). The number of aromatic nitrogens is 4. The van der Waals surface area contributed by atoms with Crippen LogP contribution in [0.15, 0.2) is 35.1 Å². The number of nitrogens with zero attached hydrogens (tertiary/aromatic N) is 4. The van der Waals surface area contributed by atoms with Crippen molar-refractivity contribution in [3.8, 4) is 11.3 Å². The van der Waals surface area contributed by atoms with Crippen LogP contribution in [0.25, 0.3) is 16.8 Å². The fourth-order valence-corrected chi connectivity index (χ4v) is 2.79. The largest absolute Gasteiger partial charge is 0.355 e. The molecular formula is C19H23N5O2. The lowest BCUT2D eigenvalue weighted by Gasteiger charge is -2.07. The Balaban J connectivity index is 1.98. The molecule has 26 heavy (non-hydrogen) atoms. The van der Waals surface area contributed by atoms with Crippen molar-refractivity contribution in [1.82, 2.24) is 24.7 Å². The summed E-state index contributed by atoms with van der Waals surface area (Å²) in [5.41, 5.74) is 2.98. The number of amides is 1. The lowest BCUT2D eigenvalue weighted by Crippen LogP contribution is -2.35. The summed E-state index contributed by atoms with van der Waals surface area (Å²) < 4.78 is 2.73. The van der Waals surface area contributed by atoms with Crippen molar-refractivity contribution in [3.63, 3.8) is 0 Å². The number of hydrogen-bond donors (Lipinski definition) is 1. The minimum absolute atomic E-state index is 0.0954. The first-order chi connectivity index (χ1) is 12.5. The molecule has 7 nitrogen and oxygen atoms in total. The van der Waals surface area contributed by atoms with Crippen LogP contribution in [0, 0.1) is 6.92 Å². The van der Waals surface area contributed by atoms with Gasteiger partial charge >= 0.3 is 0 Å². The summed E-state index contributed by atoms with van der Waals surface area (Å²) in [6.07, 6.45) is 1.81. The van der Waals surface area contributed by atoms with Crippen molar-refractivity contribution in [3.05, 3.63) is 52.1 Å². The SMILES string of the molecule is CCCNC(=O)Cn1nc(C)n2nc(-c3ccc(CC)cc3)cc2c1=O. The van der Waals surface area contributed by atoms with E-state index in [1.165, 1.54) is 14.8 Å². The van der Waals surface area contributed by atoms with Crippen LogP contribution in [0.2, 0.25) is 0 Å². The molecule has 0 radical (unpaired) electrons. The van der Waals surface area contributed by atoms with E-state index in [-0.39, 0.29) is 18.0 Å². The Morgan fingerprint density at radius 1 is 1.15 bits per heavy atom. The monoisotopic (exact) mass is 353 g/mol. The summed E-state index contributed by atoms with van der Waals surface area (Å²) >= 11 is 0. The number of aryl methyl sites for hydroxylation is 2. The molecule has 0 unspecified atom stereocenters. The second-order valence-corrected chi connectivity index (χ2v) is 6.24. The van der Waals surface area contributed by atoms with Gasteiger partial charge in [0.05, 0.1) is 5.69 Å². The lowest BCUT2D eigenvalue weighted by molar-refractivity contribution is -0.121. The predicted molar refractivity (Wildman–Crippen MR) is 100 cm³/mol. The second kappa shape index (κ2) is 7.51. The number of carbonyl (C=O) groups excluding carboxylic acids is 1. The summed E-state index contributed by atoms with van der Waals surface area (Å²) in [6, 6.07) is 9.86. The van der Waals surface area contributed by atoms with Crippen LogP contribution in [0.5, 0.6) is 0 Å². The molecule has 0 spiro atoms. The van der Waals surface area contributed by atoms with Gasteiger partial charge in [-0.15, -0.1) is 0 Å². The third-order valence-electron chi connectivity index (χ3n) is 4.26. The Hall–Kier alpha value is -2.96. The number of carbonyl (C=O) groups is 1. The Kier molecular flexibility index (Phi) is 5.16. The van der Waals surface area contributed by atoms with Crippen LogP contribution >= 0.6 is 0 Å². The number of rotatable bonds is 6. The molecule has 7 heteroatoms. The molecule has 2 heterocycles. The Morgan fingerprint density at radius 3 is 2.54 bits per heavy atom. The molecule has 0 fully saturated rings. The highest BCUT2D eigenvalue weighted by molar-refractivity contribution is 5.75. The summed E-state index contributed by atoms with van der Waals surface area (Å²) in [6.45, 7) is 6.33. The molecule has 3 rings (SSSR count). The van der Waals surface area contributed by atoms with Crippen LogP contribution < -0.4 is 10.9 Å². The zero-order chi connectivity index (χ0) is 18.7. The van der Waals surface area contributed by atoms with E-state index in [1.54, 1.807) is 13.0 Å². The van der Waals surface area contributed by atoms with E-state index in [0.717, 1.165) is 18.4 Å². The fourth-order valence-electron chi connectivity index (χ4n) is 2.79. The maximum absolute atomic E-state index is 12.7. The third kappa shape index (κ3) is 3.51. The molecule has 0 saturated carbocycles. The molecule has 136 valence electrons. The van der Waals surface area contributed by atoms with Crippen LogP contribution in [0.4, 0.5) is 0 Å². The van der Waals surface area contributed by atoms with Gasteiger partial charge in [-0.25, -0.2) is 9.20 Å². The minimum atomic E-state index is -0.328. The van der Waals surface area contributed by atoms with Gasteiger partial charge in [-0.2, -0.15) is 10.2 Å². The number of hydrogen-bond acceptors (Lipinski definition) is 4. The van der Waals surface area contributed by atoms with Crippen LogP contribution in [-0.2, 0) is 17.8 Å². The molecule has 3 aromatic rings. The fraction of sp³-hybridized carbons (Fsp3) is 0.368. The molecule has 1 amide bonds. The molecule has 2 aromatic heterocycles. The maximum atomic E-state index is 12.7. The van der Waals surface area contributed by atoms with Crippen molar-refractivity contribution in [2.45, 2.75) is 40.2 Å². The number of benzene rings is 1. The highest BCUT2D eigenvalue weighted by Gasteiger charge is 2.14. The molecule has 1 aromatic carbocycles. The summed E-state index contributed by atoms with van der Waals surface area (Å²) in [4.78, 5) is 24.6. The Bertz CT molecular complexity index is 986. The van der Waals surface area contributed by atoms with Crippen LogP contribution in [-0.4, -0.2) is 31.8 Å². The van der Waals surface area contributed by atoms with Gasteiger partial charge in [0.1, 0.15) is 17.9 Å². The van der Waals surface area contributed by atoms with Gasteiger partial charge in [0.25, 0.3) is 5.56 Å². The third-order valence-corrected chi connectivity index (χ3v) is 4.26. The molecule has 0 saturated heterocycles. The van der Waals surface area contributed by atoms with E-state index in [1.807, 2.05) is 19.1 Å². The average Bonchev–Trinajstić information content (AvgIpc) is 3.10. The quantitative estimate of drug-likeness (QED) is 0.734. The summed E-state index contributed by atoms with van der Waals surface area (Å²) in [5, 5.41) is 11.5.